The number of hydrogen-bond donors (Lipinski definition) is 1. The minimum Gasteiger partial charge on any atom is -0.376 e. The van der Waals surface area contributed by atoms with Gasteiger partial charge < -0.3 is 10.1 Å². The maximum absolute atomic E-state index is 14.0. The molecule has 0 saturated carbocycles. The molecule has 1 saturated heterocycles. The Hall–Kier alpha value is -2.71. The zero-order valence-electron chi connectivity index (χ0n) is 21.3. The van der Waals surface area contributed by atoms with Crippen LogP contribution >= 0.6 is 23.5 Å². The molecule has 0 bridgehead atoms. The van der Waals surface area contributed by atoms with Crippen LogP contribution in [0.4, 0.5) is 13.2 Å². The molecule has 0 radical (unpaired) electrons. The standard InChI is InChI=1S/C32H28F3NOS2/c33-32(34,35)25-18-22(20-37-21-31(13-15-36-16-14-31)24-7-2-1-3-8-24)17-23(19-25)26-9-6-12-29-30(26)39-28-11-5-4-10-27(28)38-29/h1-12,17-19,36H,13-16,20-21H2. The quantitative estimate of drug-likeness (QED) is 0.223. The van der Waals surface area contributed by atoms with Gasteiger partial charge in [0.05, 0.1) is 18.8 Å². The number of rotatable bonds is 6. The van der Waals surface area contributed by atoms with E-state index in [-0.39, 0.29) is 12.0 Å². The number of alkyl halides is 3. The van der Waals surface area contributed by atoms with E-state index in [0.29, 0.717) is 17.7 Å². The van der Waals surface area contributed by atoms with Crippen molar-refractivity contribution in [1.29, 1.82) is 0 Å². The molecular weight excluding hydrogens is 535 g/mol. The molecule has 200 valence electrons. The Morgan fingerprint density at radius 3 is 2.21 bits per heavy atom. The van der Waals surface area contributed by atoms with E-state index >= 15 is 0 Å². The molecule has 2 aliphatic heterocycles. The summed E-state index contributed by atoms with van der Waals surface area (Å²) in [5.74, 6) is 0. The normalized spacial score (nSPS) is 16.4. The lowest BCUT2D eigenvalue weighted by atomic mass is 9.74. The zero-order valence-corrected chi connectivity index (χ0v) is 22.9. The van der Waals surface area contributed by atoms with Crippen molar-refractivity contribution in [2.75, 3.05) is 19.7 Å². The summed E-state index contributed by atoms with van der Waals surface area (Å²) in [6.07, 6.45) is -2.59. The van der Waals surface area contributed by atoms with Crippen LogP contribution < -0.4 is 5.32 Å². The summed E-state index contributed by atoms with van der Waals surface area (Å²) < 4.78 is 48.3. The Balaban J connectivity index is 1.30. The summed E-state index contributed by atoms with van der Waals surface area (Å²) >= 11 is 3.28. The first-order valence-corrected chi connectivity index (χ1v) is 14.7. The van der Waals surface area contributed by atoms with E-state index < -0.39 is 11.7 Å². The number of piperidine rings is 1. The van der Waals surface area contributed by atoms with E-state index in [1.807, 2.05) is 54.6 Å². The Morgan fingerprint density at radius 1 is 0.769 bits per heavy atom. The summed E-state index contributed by atoms with van der Waals surface area (Å²) in [6.45, 7) is 2.38. The van der Waals surface area contributed by atoms with Crippen LogP contribution in [0.5, 0.6) is 0 Å². The molecule has 1 N–H and O–H groups in total. The topological polar surface area (TPSA) is 21.3 Å². The minimum atomic E-state index is -4.45. The fourth-order valence-electron chi connectivity index (χ4n) is 5.45. The highest BCUT2D eigenvalue weighted by Crippen LogP contribution is 2.52. The van der Waals surface area contributed by atoms with Crippen molar-refractivity contribution in [3.05, 3.63) is 108 Å². The van der Waals surface area contributed by atoms with Crippen LogP contribution in [-0.4, -0.2) is 19.7 Å². The van der Waals surface area contributed by atoms with Gasteiger partial charge in [-0.3, -0.25) is 0 Å². The number of hydrogen-bond acceptors (Lipinski definition) is 4. The van der Waals surface area contributed by atoms with Crippen molar-refractivity contribution in [1.82, 2.24) is 5.32 Å². The summed E-state index contributed by atoms with van der Waals surface area (Å²) in [7, 11) is 0. The molecular formula is C32H28F3NOS2. The molecule has 39 heavy (non-hydrogen) atoms. The van der Waals surface area contributed by atoms with Gasteiger partial charge in [0.25, 0.3) is 0 Å². The molecule has 0 amide bonds. The van der Waals surface area contributed by atoms with Crippen molar-refractivity contribution >= 4 is 23.5 Å². The van der Waals surface area contributed by atoms with Crippen molar-refractivity contribution in [3.63, 3.8) is 0 Å². The monoisotopic (exact) mass is 563 g/mol. The lowest BCUT2D eigenvalue weighted by molar-refractivity contribution is -0.137. The predicted octanol–water partition coefficient (Wildman–Crippen LogP) is 8.83. The molecule has 4 aromatic carbocycles. The van der Waals surface area contributed by atoms with Gasteiger partial charge in [0.1, 0.15) is 0 Å². The average Bonchev–Trinajstić information content (AvgIpc) is 2.96. The average molecular weight is 564 g/mol. The van der Waals surface area contributed by atoms with E-state index in [9.17, 15) is 13.2 Å². The number of ether oxygens (including phenoxy) is 1. The molecule has 0 unspecified atom stereocenters. The molecule has 2 aliphatic rings. The highest BCUT2D eigenvalue weighted by molar-refractivity contribution is 8.05. The molecule has 4 aromatic rings. The van der Waals surface area contributed by atoms with Crippen molar-refractivity contribution < 1.29 is 17.9 Å². The summed E-state index contributed by atoms with van der Waals surface area (Å²) in [6, 6.07) is 28.7. The highest BCUT2D eigenvalue weighted by Gasteiger charge is 2.35. The van der Waals surface area contributed by atoms with E-state index in [4.69, 9.17) is 4.74 Å². The highest BCUT2D eigenvalue weighted by atomic mass is 32.2. The van der Waals surface area contributed by atoms with Crippen molar-refractivity contribution in [3.8, 4) is 11.1 Å². The van der Waals surface area contributed by atoms with Gasteiger partial charge in [-0.15, -0.1) is 0 Å². The number of fused-ring (bicyclic) bond motifs is 2. The predicted molar refractivity (Wildman–Crippen MR) is 151 cm³/mol. The Bertz CT molecular complexity index is 1470. The van der Waals surface area contributed by atoms with Gasteiger partial charge in [0.2, 0.25) is 0 Å². The van der Waals surface area contributed by atoms with Gasteiger partial charge >= 0.3 is 6.18 Å². The fourth-order valence-corrected chi connectivity index (χ4v) is 7.85. The van der Waals surface area contributed by atoms with E-state index in [1.165, 1.54) is 17.7 Å². The lowest BCUT2D eigenvalue weighted by Gasteiger charge is -2.38. The van der Waals surface area contributed by atoms with E-state index in [1.54, 1.807) is 23.5 Å². The first-order chi connectivity index (χ1) is 18.9. The molecule has 6 rings (SSSR count). The van der Waals surface area contributed by atoms with Crippen LogP contribution in [0.3, 0.4) is 0 Å². The second kappa shape index (κ2) is 11.0. The zero-order chi connectivity index (χ0) is 26.9. The molecule has 2 heterocycles. The first kappa shape index (κ1) is 26.5. The molecule has 0 aromatic heterocycles. The Kier molecular flexibility index (Phi) is 7.51. The maximum atomic E-state index is 14.0. The molecule has 1 fully saturated rings. The summed E-state index contributed by atoms with van der Waals surface area (Å²) in [5.41, 5.74) is 2.34. The lowest BCUT2D eigenvalue weighted by Crippen LogP contribution is -2.43. The Morgan fingerprint density at radius 2 is 1.46 bits per heavy atom. The van der Waals surface area contributed by atoms with Gasteiger partial charge in [-0.1, -0.05) is 78.1 Å². The van der Waals surface area contributed by atoms with Gasteiger partial charge in [-0.05, 0) is 84.6 Å². The largest absolute Gasteiger partial charge is 0.416 e. The maximum Gasteiger partial charge on any atom is 0.416 e. The fraction of sp³-hybridized carbons (Fsp3) is 0.250. The third-order valence-electron chi connectivity index (χ3n) is 7.49. The van der Waals surface area contributed by atoms with Gasteiger partial charge in [0.15, 0.2) is 0 Å². The van der Waals surface area contributed by atoms with Gasteiger partial charge in [0, 0.05) is 25.0 Å². The molecule has 0 aliphatic carbocycles. The first-order valence-electron chi connectivity index (χ1n) is 13.0. The van der Waals surface area contributed by atoms with E-state index in [0.717, 1.165) is 51.1 Å². The third-order valence-corrected chi connectivity index (χ3v) is 10.1. The SMILES string of the molecule is FC(F)(F)c1cc(COCC2(c3ccccc3)CCNCC2)cc(-c2cccc3c2Sc2ccccc2S3)c1. The molecule has 0 atom stereocenters. The summed E-state index contributed by atoms with van der Waals surface area (Å²) in [5, 5.41) is 3.41. The number of halogens is 3. The third kappa shape index (κ3) is 5.64. The van der Waals surface area contributed by atoms with Crippen molar-refractivity contribution in [2.45, 2.75) is 50.6 Å². The molecule has 7 heteroatoms. The van der Waals surface area contributed by atoms with E-state index in [2.05, 4.69) is 29.6 Å². The van der Waals surface area contributed by atoms with Crippen LogP contribution in [0.1, 0.15) is 29.5 Å². The van der Waals surface area contributed by atoms with Crippen molar-refractivity contribution in [2.24, 2.45) is 0 Å². The van der Waals surface area contributed by atoms with Crippen LogP contribution in [0.25, 0.3) is 11.1 Å². The number of nitrogens with one attached hydrogen (secondary N) is 1. The van der Waals surface area contributed by atoms with Gasteiger partial charge in [-0.25, -0.2) is 0 Å². The van der Waals surface area contributed by atoms with Crippen LogP contribution in [-0.2, 0) is 22.9 Å². The van der Waals surface area contributed by atoms with Crippen LogP contribution in [0.2, 0.25) is 0 Å². The summed E-state index contributed by atoms with van der Waals surface area (Å²) in [4.78, 5) is 4.33. The number of benzene rings is 4. The Labute approximate surface area is 235 Å². The van der Waals surface area contributed by atoms with Gasteiger partial charge in [-0.2, -0.15) is 13.2 Å². The second-order valence-corrected chi connectivity index (χ2v) is 12.2. The minimum absolute atomic E-state index is 0.124. The molecule has 0 spiro atoms. The molecule has 2 nitrogen and oxygen atoms in total. The van der Waals surface area contributed by atoms with Crippen LogP contribution in [0.15, 0.2) is 111 Å². The van der Waals surface area contributed by atoms with Crippen LogP contribution in [0, 0.1) is 0 Å². The smallest absolute Gasteiger partial charge is 0.376 e. The second-order valence-electron chi connectivity index (χ2n) is 10.1.